The molecule has 0 saturated heterocycles. The third-order valence-electron chi connectivity index (χ3n) is 6.54. The molecule has 0 aliphatic rings. The first-order chi connectivity index (χ1) is 20.9. The minimum absolute atomic E-state index is 0.243. The van der Waals surface area contributed by atoms with Gasteiger partial charge in [0.1, 0.15) is 17.2 Å². The molecule has 0 unspecified atom stereocenters. The number of hydrazone groups is 1. The van der Waals surface area contributed by atoms with Crippen molar-refractivity contribution in [1.82, 2.24) is 10.4 Å². The van der Waals surface area contributed by atoms with Gasteiger partial charge in [-0.05, 0) is 61.0 Å². The SMILES string of the molecule is CCOc1cc(C=NNC(=O)c2[nH]c3c(OC)cccc3c2-c2ccccc2Cl)ccc1OC(=O)c1cccc(OC)c1. The number of rotatable bonds is 10. The molecule has 0 atom stereocenters. The lowest BCUT2D eigenvalue weighted by Gasteiger charge is -2.11. The Kier molecular flexibility index (Phi) is 8.93. The van der Waals surface area contributed by atoms with Crippen LogP contribution in [0.5, 0.6) is 23.0 Å². The average Bonchev–Trinajstić information content (AvgIpc) is 3.42. The number of ether oxygens (including phenoxy) is 4. The fraction of sp³-hybridized carbons (Fsp3) is 0.121. The Hall–Kier alpha value is -5.28. The van der Waals surface area contributed by atoms with Crippen LogP contribution in [0.4, 0.5) is 0 Å². The van der Waals surface area contributed by atoms with Gasteiger partial charge in [0, 0.05) is 21.5 Å². The Morgan fingerprint density at radius 3 is 2.49 bits per heavy atom. The zero-order chi connectivity index (χ0) is 30.3. The van der Waals surface area contributed by atoms with E-state index in [-0.39, 0.29) is 11.4 Å². The summed E-state index contributed by atoms with van der Waals surface area (Å²) in [5, 5.41) is 5.44. The maximum Gasteiger partial charge on any atom is 0.343 e. The summed E-state index contributed by atoms with van der Waals surface area (Å²) < 4.78 is 22.0. The molecule has 5 aromatic rings. The van der Waals surface area contributed by atoms with Gasteiger partial charge in [0.2, 0.25) is 0 Å². The van der Waals surface area contributed by atoms with Gasteiger partial charge in [-0.25, -0.2) is 10.2 Å². The third kappa shape index (κ3) is 6.32. The lowest BCUT2D eigenvalue weighted by atomic mass is 10.0. The Bertz CT molecular complexity index is 1830. The topological polar surface area (TPSA) is 111 Å². The lowest BCUT2D eigenvalue weighted by molar-refractivity contribution is 0.0727. The fourth-order valence-corrected chi connectivity index (χ4v) is 4.79. The zero-order valence-electron chi connectivity index (χ0n) is 23.6. The molecule has 218 valence electrons. The first-order valence-electron chi connectivity index (χ1n) is 13.3. The molecular formula is C33H28ClN3O6. The monoisotopic (exact) mass is 597 g/mol. The molecule has 0 bridgehead atoms. The number of esters is 1. The van der Waals surface area contributed by atoms with E-state index in [1.807, 2.05) is 43.3 Å². The van der Waals surface area contributed by atoms with Crippen LogP contribution < -0.4 is 24.4 Å². The van der Waals surface area contributed by atoms with Crippen molar-refractivity contribution in [2.45, 2.75) is 6.92 Å². The minimum atomic E-state index is -0.558. The van der Waals surface area contributed by atoms with E-state index in [2.05, 4.69) is 15.5 Å². The number of hydrogen-bond acceptors (Lipinski definition) is 7. The molecule has 1 aromatic heterocycles. The van der Waals surface area contributed by atoms with E-state index in [4.69, 9.17) is 30.5 Å². The average molecular weight is 598 g/mol. The van der Waals surface area contributed by atoms with Crippen LogP contribution in [0, 0.1) is 0 Å². The van der Waals surface area contributed by atoms with E-state index in [0.717, 1.165) is 5.39 Å². The van der Waals surface area contributed by atoms with Crippen LogP contribution in [0.3, 0.4) is 0 Å². The molecule has 1 amide bonds. The second kappa shape index (κ2) is 13.1. The van der Waals surface area contributed by atoms with E-state index < -0.39 is 11.9 Å². The number of carbonyl (C=O) groups excluding carboxylic acids is 2. The van der Waals surface area contributed by atoms with Gasteiger partial charge in [0.05, 0.1) is 38.1 Å². The number of para-hydroxylation sites is 1. The van der Waals surface area contributed by atoms with E-state index in [1.54, 1.807) is 55.6 Å². The lowest BCUT2D eigenvalue weighted by Crippen LogP contribution is -2.19. The van der Waals surface area contributed by atoms with Gasteiger partial charge in [-0.3, -0.25) is 4.79 Å². The Morgan fingerprint density at radius 2 is 1.72 bits per heavy atom. The maximum atomic E-state index is 13.4. The molecule has 0 radical (unpaired) electrons. The molecule has 10 heteroatoms. The van der Waals surface area contributed by atoms with Crippen molar-refractivity contribution >= 4 is 40.6 Å². The maximum absolute atomic E-state index is 13.4. The van der Waals surface area contributed by atoms with Crippen LogP contribution in [0.1, 0.15) is 33.3 Å². The molecule has 9 nitrogen and oxygen atoms in total. The zero-order valence-corrected chi connectivity index (χ0v) is 24.4. The van der Waals surface area contributed by atoms with Gasteiger partial charge in [0.25, 0.3) is 5.91 Å². The van der Waals surface area contributed by atoms with Crippen LogP contribution in [0.2, 0.25) is 5.02 Å². The van der Waals surface area contributed by atoms with E-state index >= 15 is 0 Å². The largest absolute Gasteiger partial charge is 0.497 e. The fourth-order valence-electron chi connectivity index (χ4n) is 4.56. The number of H-pyrrole nitrogens is 1. The van der Waals surface area contributed by atoms with Crippen molar-refractivity contribution in [3.63, 3.8) is 0 Å². The number of amides is 1. The van der Waals surface area contributed by atoms with Gasteiger partial charge < -0.3 is 23.9 Å². The molecule has 4 aromatic carbocycles. The number of carbonyl (C=O) groups is 2. The van der Waals surface area contributed by atoms with Crippen molar-refractivity contribution in [3.8, 4) is 34.1 Å². The molecule has 5 rings (SSSR count). The predicted octanol–water partition coefficient (Wildman–Crippen LogP) is 6.89. The van der Waals surface area contributed by atoms with Gasteiger partial charge >= 0.3 is 5.97 Å². The number of hydrogen-bond donors (Lipinski definition) is 2. The summed E-state index contributed by atoms with van der Waals surface area (Å²) in [7, 11) is 3.09. The summed E-state index contributed by atoms with van der Waals surface area (Å²) in [6.07, 6.45) is 1.46. The van der Waals surface area contributed by atoms with E-state index in [9.17, 15) is 9.59 Å². The normalized spacial score (nSPS) is 11.0. The summed E-state index contributed by atoms with van der Waals surface area (Å²) in [5.41, 5.74) is 5.79. The number of aromatic nitrogens is 1. The number of nitrogens with one attached hydrogen (secondary N) is 2. The quantitative estimate of drug-likeness (QED) is 0.0785. The molecule has 0 aliphatic heterocycles. The first-order valence-corrected chi connectivity index (χ1v) is 13.7. The summed E-state index contributed by atoms with van der Waals surface area (Å²) in [5.74, 6) is 0.684. The molecule has 1 heterocycles. The minimum Gasteiger partial charge on any atom is -0.497 e. The van der Waals surface area contributed by atoms with Gasteiger partial charge in [-0.1, -0.05) is 48.0 Å². The van der Waals surface area contributed by atoms with Crippen LogP contribution in [-0.2, 0) is 0 Å². The van der Waals surface area contributed by atoms with Gasteiger partial charge in [-0.15, -0.1) is 0 Å². The second-order valence-corrected chi connectivity index (χ2v) is 9.60. The standard InChI is InChI=1S/C33H28ClN3O6/c1-4-42-28-17-20(15-16-26(28)43-33(39)21-9-7-10-22(18-21)40-2)19-35-37-32(38)31-29(23-11-5-6-13-25(23)34)24-12-8-14-27(41-3)30(24)36-31/h5-19,36H,4H2,1-3H3,(H,37,38). The molecule has 0 aliphatic carbocycles. The van der Waals surface area contributed by atoms with Crippen LogP contribution in [-0.4, -0.2) is 43.9 Å². The van der Waals surface area contributed by atoms with Crippen LogP contribution >= 0.6 is 11.6 Å². The molecule has 43 heavy (non-hydrogen) atoms. The Morgan fingerprint density at radius 1 is 0.907 bits per heavy atom. The van der Waals surface area contributed by atoms with Crippen molar-refractivity contribution < 1.29 is 28.5 Å². The molecule has 0 saturated carbocycles. The highest BCUT2D eigenvalue weighted by atomic mass is 35.5. The molecular weight excluding hydrogens is 570 g/mol. The highest BCUT2D eigenvalue weighted by Gasteiger charge is 2.22. The summed E-state index contributed by atoms with van der Waals surface area (Å²) in [4.78, 5) is 29.3. The highest BCUT2D eigenvalue weighted by Crippen LogP contribution is 2.39. The Labute approximate surface area is 253 Å². The number of fused-ring (bicyclic) bond motifs is 1. The van der Waals surface area contributed by atoms with Gasteiger partial charge in [-0.2, -0.15) is 5.10 Å². The summed E-state index contributed by atoms with van der Waals surface area (Å²) >= 11 is 6.53. The van der Waals surface area contributed by atoms with E-state index in [1.165, 1.54) is 13.3 Å². The smallest absolute Gasteiger partial charge is 0.343 e. The number of benzene rings is 4. The molecule has 0 spiro atoms. The molecule has 0 fully saturated rings. The number of aromatic amines is 1. The van der Waals surface area contributed by atoms with Crippen molar-refractivity contribution in [3.05, 3.63) is 107 Å². The van der Waals surface area contributed by atoms with E-state index in [0.29, 0.717) is 56.6 Å². The van der Waals surface area contributed by atoms with Crippen molar-refractivity contribution in [2.24, 2.45) is 5.10 Å². The summed E-state index contributed by atoms with van der Waals surface area (Å²) in [6, 6.07) is 24.5. The van der Waals surface area contributed by atoms with Crippen LogP contribution in [0.25, 0.3) is 22.0 Å². The highest BCUT2D eigenvalue weighted by molar-refractivity contribution is 6.34. The number of halogens is 1. The van der Waals surface area contributed by atoms with Crippen molar-refractivity contribution in [1.29, 1.82) is 0 Å². The Balaban J connectivity index is 1.39. The van der Waals surface area contributed by atoms with Crippen molar-refractivity contribution in [2.75, 3.05) is 20.8 Å². The van der Waals surface area contributed by atoms with Gasteiger partial charge in [0.15, 0.2) is 11.5 Å². The first kappa shape index (κ1) is 29.2. The number of nitrogens with zero attached hydrogens (tertiary/aromatic N) is 1. The van der Waals surface area contributed by atoms with Crippen LogP contribution in [0.15, 0.2) is 90.0 Å². The third-order valence-corrected chi connectivity index (χ3v) is 6.87. The predicted molar refractivity (Wildman–Crippen MR) is 166 cm³/mol. The molecule has 2 N–H and O–H groups in total. The second-order valence-electron chi connectivity index (χ2n) is 9.20. The summed E-state index contributed by atoms with van der Waals surface area (Å²) in [6.45, 7) is 2.16. The number of methoxy groups -OCH3 is 2.